The molecule has 1 rings (SSSR count). The molecule has 0 saturated carbocycles. The maximum atomic E-state index is 3.67. The third-order valence-electron chi connectivity index (χ3n) is 4.65. The maximum absolute atomic E-state index is 3.67. The average Bonchev–Trinajstić information content (AvgIpc) is 2.46. The van der Waals surface area contributed by atoms with Crippen molar-refractivity contribution >= 4 is 5.69 Å². The molecule has 0 bridgehead atoms. The molecule has 2 heteroatoms. The van der Waals surface area contributed by atoms with Gasteiger partial charge in [-0.15, -0.1) is 0 Å². The molecule has 21 heavy (non-hydrogen) atoms. The van der Waals surface area contributed by atoms with Crippen molar-refractivity contribution in [3.63, 3.8) is 0 Å². The summed E-state index contributed by atoms with van der Waals surface area (Å²) >= 11 is 0. The predicted octanol–water partition coefficient (Wildman–Crippen LogP) is 4.48. The van der Waals surface area contributed by atoms with Gasteiger partial charge in [0.15, 0.2) is 0 Å². The van der Waals surface area contributed by atoms with Gasteiger partial charge in [0.05, 0.1) is 0 Å². The van der Waals surface area contributed by atoms with Crippen LogP contribution in [0.1, 0.15) is 46.1 Å². The molecule has 0 unspecified atom stereocenters. The lowest BCUT2D eigenvalue weighted by Gasteiger charge is -2.37. The zero-order chi connectivity index (χ0) is 15.9. The molecule has 0 amide bonds. The van der Waals surface area contributed by atoms with E-state index in [2.05, 4.69) is 76.1 Å². The summed E-state index contributed by atoms with van der Waals surface area (Å²) in [5, 5.41) is 3.67. The Morgan fingerprint density at radius 2 is 1.76 bits per heavy atom. The van der Waals surface area contributed by atoms with Gasteiger partial charge in [0.2, 0.25) is 0 Å². The van der Waals surface area contributed by atoms with E-state index < -0.39 is 0 Å². The number of hydrogen-bond donors (Lipinski definition) is 1. The Balaban J connectivity index is 2.75. The predicted molar refractivity (Wildman–Crippen MR) is 95.2 cm³/mol. The van der Waals surface area contributed by atoms with E-state index in [0.29, 0.717) is 11.3 Å². The van der Waals surface area contributed by atoms with Crippen molar-refractivity contribution in [1.29, 1.82) is 0 Å². The van der Waals surface area contributed by atoms with Gasteiger partial charge in [-0.25, -0.2) is 0 Å². The van der Waals surface area contributed by atoms with Crippen LogP contribution in [-0.4, -0.2) is 26.7 Å². The van der Waals surface area contributed by atoms with Gasteiger partial charge in [-0.3, -0.25) is 0 Å². The van der Waals surface area contributed by atoms with Crippen molar-refractivity contribution in [3.05, 3.63) is 29.8 Å². The normalized spacial score (nSPS) is 12.0. The van der Waals surface area contributed by atoms with Crippen LogP contribution in [0.5, 0.6) is 0 Å². The third kappa shape index (κ3) is 5.35. The molecular formula is C19H34N2. The van der Waals surface area contributed by atoms with E-state index in [1.54, 1.807) is 0 Å². The molecule has 0 atom stereocenters. The lowest BCUT2D eigenvalue weighted by Crippen LogP contribution is -2.43. The van der Waals surface area contributed by atoms with Crippen LogP contribution in [-0.2, 0) is 0 Å². The molecule has 0 aromatic heterocycles. The van der Waals surface area contributed by atoms with Gasteiger partial charge in [-0.05, 0) is 49.3 Å². The molecule has 0 fully saturated rings. The van der Waals surface area contributed by atoms with E-state index in [9.17, 15) is 0 Å². The summed E-state index contributed by atoms with van der Waals surface area (Å²) in [6, 6.07) is 8.68. The van der Waals surface area contributed by atoms with Gasteiger partial charge in [-0.1, -0.05) is 45.9 Å². The highest BCUT2D eigenvalue weighted by atomic mass is 15.1. The first kappa shape index (κ1) is 18.0. The van der Waals surface area contributed by atoms with E-state index in [1.807, 2.05) is 0 Å². The molecular weight excluding hydrogens is 256 g/mol. The Hall–Kier alpha value is -1.02. The second kappa shape index (κ2) is 8.43. The number of hydrogen-bond acceptors (Lipinski definition) is 2. The number of nitrogens with one attached hydrogen (secondary N) is 1. The molecule has 0 aliphatic carbocycles. The summed E-state index contributed by atoms with van der Waals surface area (Å²) in [6.07, 6.45) is 2.43. The van der Waals surface area contributed by atoms with Gasteiger partial charge in [-0.2, -0.15) is 0 Å². The van der Waals surface area contributed by atoms with E-state index in [-0.39, 0.29) is 0 Å². The lowest BCUT2D eigenvalue weighted by molar-refractivity contribution is 0.252. The number of aryl methyl sites for hydroxylation is 1. The van der Waals surface area contributed by atoms with Crippen LogP contribution in [0.2, 0.25) is 0 Å². The van der Waals surface area contributed by atoms with Crippen LogP contribution in [0.4, 0.5) is 5.69 Å². The summed E-state index contributed by atoms with van der Waals surface area (Å²) in [5.41, 5.74) is 3.07. The topological polar surface area (TPSA) is 15.3 Å². The minimum Gasteiger partial charge on any atom is -0.374 e. The first-order valence-electron chi connectivity index (χ1n) is 8.41. The summed E-state index contributed by atoms with van der Waals surface area (Å²) in [6.45, 7) is 14.7. The maximum Gasteiger partial charge on any atom is 0.0393 e. The van der Waals surface area contributed by atoms with Gasteiger partial charge in [0.1, 0.15) is 0 Å². The fourth-order valence-corrected chi connectivity index (χ4v) is 2.99. The minimum atomic E-state index is 0.353. The van der Waals surface area contributed by atoms with Crippen molar-refractivity contribution < 1.29 is 0 Å². The zero-order valence-corrected chi connectivity index (χ0v) is 14.9. The smallest absolute Gasteiger partial charge is 0.0393 e. The van der Waals surface area contributed by atoms with Crippen LogP contribution in [0.15, 0.2) is 24.3 Å². The Bertz CT molecular complexity index is 408. The number of rotatable bonds is 9. The zero-order valence-electron chi connectivity index (χ0n) is 14.9. The molecule has 120 valence electrons. The van der Waals surface area contributed by atoms with Crippen molar-refractivity contribution in [1.82, 2.24) is 5.32 Å². The lowest BCUT2D eigenvalue weighted by atomic mass is 9.81. The van der Waals surface area contributed by atoms with Crippen molar-refractivity contribution in [2.45, 2.75) is 47.5 Å². The molecule has 0 spiro atoms. The highest BCUT2D eigenvalue weighted by molar-refractivity contribution is 5.52. The molecule has 0 aliphatic heterocycles. The molecule has 0 saturated heterocycles. The number of anilines is 1. The van der Waals surface area contributed by atoms with Crippen molar-refractivity contribution in [2.75, 3.05) is 31.6 Å². The number of para-hydroxylation sites is 1. The Morgan fingerprint density at radius 1 is 1.14 bits per heavy atom. The first-order chi connectivity index (χ1) is 9.94. The molecule has 0 aliphatic rings. The van der Waals surface area contributed by atoms with Crippen molar-refractivity contribution in [3.8, 4) is 0 Å². The van der Waals surface area contributed by atoms with E-state index >= 15 is 0 Å². The first-order valence-corrected chi connectivity index (χ1v) is 8.41. The average molecular weight is 290 g/mol. The second-order valence-corrected chi connectivity index (χ2v) is 6.87. The summed E-state index contributed by atoms with van der Waals surface area (Å²) in [7, 11) is 2.23. The van der Waals surface area contributed by atoms with Crippen LogP contribution in [0, 0.1) is 18.3 Å². The number of benzene rings is 1. The highest BCUT2D eigenvalue weighted by Crippen LogP contribution is 2.29. The molecule has 0 radical (unpaired) electrons. The molecule has 2 nitrogen and oxygen atoms in total. The van der Waals surface area contributed by atoms with Gasteiger partial charge >= 0.3 is 0 Å². The molecule has 1 aromatic rings. The Morgan fingerprint density at radius 3 is 2.29 bits per heavy atom. The fourth-order valence-electron chi connectivity index (χ4n) is 2.99. The van der Waals surface area contributed by atoms with Gasteiger partial charge in [0.25, 0.3) is 0 Å². The van der Waals surface area contributed by atoms with Gasteiger partial charge < -0.3 is 10.2 Å². The van der Waals surface area contributed by atoms with E-state index in [0.717, 1.165) is 19.6 Å². The summed E-state index contributed by atoms with van der Waals surface area (Å²) < 4.78 is 0. The SMILES string of the molecule is CCC(CC)(CNCC(C)C)CN(C)c1ccccc1C. The third-order valence-corrected chi connectivity index (χ3v) is 4.65. The fraction of sp³-hybridized carbons (Fsp3) is 0.684. The Kier molecular flexibility index (Phi) is 7.24. The van der Waals surface area contributed by atoms with Crippen LogP contribution in [0.25, 0.3) is 0 Å². The van der Waals surface area contributed by atoms with Crippen LogP contribution < -0.4 is 10.2 Å². The van der Waals surface area contributed by atoms with E-state index in [1.165, 1.54) is 24.1 Å². The summed E-state index contributed by atoms with van der Waals surface area (Å²) in [4.78, 5) is 2.43. The monoisotopic (exact) mass is 290 g/mol. The quantitative estimate of drug-likeness (QED) is 0.721. The standard InChI is InChI=1S/C19H34N2/c1-7-19(8-2,14-20-13-16(3)4)15-21(6)18-12-10-9-11-17(18)5/h9-12,16,20H,7-8,13-15H2,1-6H3. The molecule has 0 heterocycles. The Labute approximate surface area is 131 Å². The highest BCUT2D eigenvalue weighted by Gasteiger charge is 2.28. The molecule has 1 N–H and O–H groups in total. The van der Waals surface area contributed by atoms with E-state index in [4.69, 9.17) is 0 Å². The largest absolute Gasteiger partial charge is 0.374 e. The minimum absolute atomic E-state index is 0.353. The summed E-state index contributed by atoms with van der Waals surface area (Å²) in [5.74, 6) is 0.713. The van der Waals surface area contributed by atoms with Crippen molar-refractivity contribution in [2.24, 2.45) is 11.3 Å². The molecule has 1 aromatic carbocycles. The van der Waals surface area contributed by atoms with Crippen LogP contribution >= 0.6 is 0 Å². The van der Waals surface area contributed by atoms with Gasteiger partial charge in [0, 0.05) is 25.8 Å². The number of nitrogens with zero attached hydrogens (tertiary/aromatic N) is 1. The second-order valence-electron chi connectivity index (χ2n) is 6.87. The van der Waals surface area contributed by atoms with Crippen LogP contribution in [0.3, 0.4) is 0 Å².